The summed E-state index contributed by atoms with van der Waals surface area (Å²) in [5.41, 5.74) is -0.251. The molecular formula is C12H12FN3O2S. The fourth-order valence-electron chi connectivity index (χ4n) is 1.51. The molecule has 0 fully saturated rings. The SMILES string of the molecule is Cc1ccc(S(=O)n2cc(F)c(=N)n(C)c2=O)cc1. The molecule has 0 aliphatic carbocycles. The third-order valence-electron chi connectivity index (χ3n) is 2.67. The molecule has 0 aliphatic rings. The van der Waals surface area contributed by atoms with E-state index in [0.29, 0.717) is 4.90 Å². The standard InChI is InChI=1S/C12H12FN3O2S/c1-8-3-5-9(6-4-8)19(18)16-7-10(13)11(14)15(2)12(16)17/h3-7,14H,1-2H3. The van der Waals surface area contributed by atoms with Crippen molar-refractivity contribution in [1.29, 1.82) is 5.41 Å². The summed E-state index contributed by atoms with van der Waals surface area (Å²) in [6.07, 6.45) is 0.792. The van der Waals surface area contributed by atoms with Crippen LogP contribution in [0.2, 0.25) is 0 Å². The Morgan fingerprint density at radius 1 is 1.26 bits per heavy atom. The Morgan fingerprint density at radius 3 is 2.42 bits per heavy atom. The van der Waals surface area contributed by atoms with Gasteiger partial charge in [-0.1, -0.05) is 17.7 Å². The van der Waals surface area contributed by atoms with Crippen LogP contribution in [0.5, 0.6) is 0 Å². The molecule has 1 aromatic heterocycles. The first kappa shape index (κ1) is 13.4. The van der Waals surface area contributed by atoms with Crippen LogP contribution < -0.4 is 11.2 Å². The van der Waals surface area contributed by atoms with Gasteiger partial charge in [0.15, 0.2) is 22.3 Å². The van der Waals surface area contributed by atoms with Crippen molar-refractivity contribution in [3.05, 3.63) is 57.8 Å². The van der Waals surface area contributed by atoms with E-state index in [2.05, 4.69) is 0 Å². The molecule has 0 aliphatic heterocycles. The van der Waals surface area contributed by atoms with Crippen molar-refractivity contribution in [1.82, 2.24) is 8.54 Å². The third kappa shape index (κ3) is 2.41. The number of aryl methyl sites for hydroxylation is 1. The number of rotatable bonds is 2. The lowest BCUT2D eigenvalue weighted by molar-refractivity contribution is 0.547. The molecule has 1 unspecified atom stereocenters. The van der Waals surface area contributed by atoms with E-state index in [4.69, 9.17) is 5.41 Å². The lowest BCUT2D eigenvalue weighted by Gasteiger charge is -2.08. The first-order valence-electron chi connectivity index (χ1n) is 5.43. The topological polar surface area (TPSA) is 67.8 Å². The average Bonchev–Trinajstić information content (AvgIpc) is 2.40. The minimum atomic E-state index is -1.84. The van der Waals surface area contributed by atoms with E-state index in [9.17, 15) is 13.4 Å². The fourth-order valence-corrected chi connectivity index (χ4v) is 2.56. The Hall–Kier alpha value is -2.02. The van der Waals surface area contributed by atoms with Crippen molar-refractivity contribution in [2.45, 2.75) is 11.8 Å². The molecule has 0 saturated heterocycles. The summed E-state index contributed by atoms with van der Waals surface area (Å²) in [5, 5.41) is 7.33. The summed E-state index contributed by atoms with van der Waals surface area (Å²) in [4.78, 5) is 12.3. The number of aromatic nitrogens is 2. The van der Waals surface area contributed by atoms with E-state index in [0.717, 1.165) is 20.3 Å². The molecule has 19 heavy (non-hydrogen) atoms. The highest BCUT2D eigenvalue weighted by Crippen LogP contribution is 2.08. The van der Waals surface area contributed by atoms with Crippen molar-refractivity contribution >= 4 is 11.0 Å². The highest BCUT2D eigenvalue weighted by atomic mass is 32.2. The molecule has 5 nitrogen and oxygen atoms in total. The fraction of sp³-hybridized carbons (Fsp3) is 0.167. The van der Waals surface area contributed by atoms with E-state index in [1.54, 1.807) is 24.3 Å². The average molecular weight is 281 g/mol. The number of benzene rings is 1. The molecule has 1 heterocycles. The number of nitrogens with one attached hydrogen (secondary N) is 1. The highest BCUT2D eigenvalue weighted by molar-refractivity contribution is 7.83. The summed E-state index contributed by atoms with van der Waals surface area (Å²) in [5.74, 6) is -0.900. The zero-order valence-corrected chi connectivity index (χ0v) is 11.2. The van der Waals surface area contributed by atoms with Crippen LogP contribution in [0.1, 0.15) is 5.56 Å². The van der Waals surface area contributed by atoms with Crippen molar-refractivity contribution < 1.29 is 8.60 Å². The van der Waals surface area contributed by atoms with Gasteiger partial charge in [0, 0.05) is 7.05 Å². The molecule has 1 atom stereocenters. The molecular weight excluding hydrogens is 269 g/mol. The minimum absolute atomic E-state index is 0.393. The van der Waals surface area contributed by atoms with Gasteiger partial charge in [0.1, 0.15) is 0 Å². The van der Waals surface area contributed by atoms with Crippen LogP contribution in [0.3, 0.4) is 0 Å². The molecule has 0 bridgehead atoms. The van der Waals surface area contributed by atoms with E-state index < -0.39 is 28.0 Å². The van der Waals surface area contributed by atoms with Gasteiger partial charge in [-0.2, -0.15) is 0 Å². The van der Waals surface area contributed by atoms with Crippen LogP contribution >= 0.6 is 0 Å². The minimum Gasteiger partial charge on any atom is -0.282 e. The van der Waals surface area contributed by atoms with Crippen LogP contribution in [-0.2, 0) is 18.0 Å². The third-order valence-corrected chi connectivity index (χ3v) is 3.96. The Balaban J connectivity index is 2.60. The van der Waals surface area contributed by atoms with Gasteiger partial charge in [0.25, 0.3) is 0 Å². The highest BCUT2D eigenvalue weighted by Gasteiger charge is 2.12. The van der Waals surface area contributed by atoms with Gasteiger partial charge in [-0.05, 0) is 19.1 Å². The van der Waals surface area contributed by atoms with Crippen molar-refractivity contribution in [2.75, 3.05) is 0 Å². The summed E-state index contributed by atoms with van der Waals surface area (Å²) in [6.45, 7) is 1.88. The Kier molecular flexibility index (Phi) is 3.48. The summed E-state index contributed by atoms with van der Waals surface area (Å²) in [6, 6.07) is 6.75. The second kappa shape index (κ2) is 4.93. The largest absolute Gasteiger partial charge is 0.341 e. The van der Waals surface area contributed by atoms with Crippen molar-refractivity contribution in [2.24, 2.45) is 7.05 Å². The van der Waals surface area contributed by atoms with Gasteiger partial charge in [-0.25, -0.2) is 17.4 Å². The van der Waals surface area contributed by atoms with Crippen LogP contribution in [0.4, 0.5) is 4.39 Å². The molecule has 1 aromatic carbocycles. The molecule has 7 heteroatoms. The van der Waals surface area contributed by atoms with Gasteiger partial charge in [-0.3, -0.25) is 9.98 Å². The number of nitrogens with zero attached hydrogens (tertiary/aromatic N) is 2. The van der Waals surface area contributed by atoms with Gasteiger partial charge < -0.3 is 0 Å². The predicted molar refractivity (Wildman–Crippen MR) is 68.5 cm³/mol. The summed E-state index contributed by atoms with van der Waals surface area (Å²) >= 11 is 0. The molecule has 0 saturated carbocycles. The molecule has 0 radical (unpaired) electrons. The molecule has 1 N–H and O–H groups in total. The molecule has 0 amide bonds. The maximum absolute atomic E-state index is 13.5. The first-order chi connectivity index (χ1) is 8.91. The Bertz CT molecular complexity index is 762. The second-order valence-electron chi connectivity index (χ2n) is 4.06. The maximum Gasteiger partial charge on any atom is 0.341 e. The van der Waals surface area contributed by atoms with Crippen LogP contribution in [-0.4, -0.2) is 12.7 Å². The summed E-state index contributed by atoms with van der Waals surface area (Å²) < 4.78 is 27.3. The number of halogens is 1. The molecule has 0 spiro atoms. The predicted octanol–water partition coefficient (Wildman–Crippen LogP) is 0.685. The molecule has 2 aromatic rings. The van der Waals surface area contributed by atoms with Crippen LogP contribution in [0.15, 0.2) is 40.2 Å². The maximum atomic E-state index is 13.5. The van der Waals surface area contributed by atoms with Gasteiger partial charge in [0.05, 0.1) is 11.1 Å². The second-order valence-corrected chi connectivity index (χ2v) is 5.42. The molecule has 100 valence electrons. The van der Waals surface area contributed by atoms with Crippen molar-refractivity contribution in [3.8, 4) is 0 Å². The van der Waals surface area contributed by atoms with Crippen LogP contribution in [0, 0.1) is 18.2 Å². The first-order valence-corrected chi connectivity index (χ1v) is 6.54. The van der Waals surface area contributed by atoms with E-state index in [1.807, 2.05) is 6.92 Å². The van der Waals surface area contributed by atoms with Gasteiger partial charge in [0.2, 0.25) is 0 Å². The monoisotopic (exact) mass is 281 g/mol. The van der Waals surface area contributed by atoms with Gasteiger partial charge in [-0.15, -0.1) is 0 Å². The lowest BCUT2D eigenvalue weighted by Crippen LogP contribution is -2.40. The normalized spacial score (nSPS) is 12.4. The van der Waals surface area contributed by atoms with E-state index in [1.165, 1.54) is 7.05 Å². The number of hydrogen-bond donors (Lipinski definition) is 1. The van der Waals surface area contributed by atoms with Gasteiger partial charge >= 0.3 is 5.69 Å². The number of hydrogen-bond acceptors (Lipinski definition) is 3. The lowest BCUT2D eigenvalue weighted by atomic mass is 10.2. The zero-order valence-electron chi connectivity index (χ0n) is 10.4. The molecule has 2 rings (SSSR count). The smallest absolute Gasteiger partial charge is 0.282 e. The van der Waals surface area contributed by atoms with Crippen molar-refractivity contribution in [3.63, 3.8) is 0 Å². The zero-order chi connectivity index (χ0) is 14.2. The van der Waals surface area contributed by atoms with E-state index >= 15 is 0 Å². The van der Waals surface area contributed by atoms with Crippen LogP contribution in [0.25, 0.3) is 0 Å². The quantitative estimate of drug-likeness (QED) is 0.879. The Morgan fingerprint density at radius 2 is 1.84 bits per heavy atom. The Labute approximate surface area is 111 Å². The summed E-state index contributed by atoms with van der Waals surface area (Å²) in [7, 11) is -0.575. The van der Waals surface area contributed by atoms with E-state index in [-0.39, 0.29) is 0 Å².